The van der Waals surface area contributed by atoms with Crippen molar-refractivity contribution in [2.24, 2.45) is 0 Å². The van der Waals surface area contributed by atoms with Gasteiger partial charge in [0.25, 0.3) is 0 Å². The lowest BCUT2D eigenvalue weighted by Crippen LogP contribution is -2.22. The fourth-order valence-electron chi connectivity index (χ4n) is 1.86. The van der Waals surface area contributed by atoms with Crippen LogP contribution in [-0.4, -0.2) is 18.1 Å². The van der Waals surface area contributed by atoms with Crippen molar-refractivity contribution < 1.29 is 0 Å². The average molecular weight is 296 g/mol. The van der Waals surface area contributed by atoms with Gasteiger partial charge in [0.15, 0.2) is 0 Å². The Hall–Kier alpha value is -1.26. The molecule has 2 aromatic heterocycles. The summed E-state index contributed by atoms with van der Waals surface area (Å²) in [6.45, 7) is 7.01. The van der Waals surface area contributed by atoms with Crippen LogP contribution in [0.2, 0.25) is 5.02 Å². The van der Waals surface area contributed by atoms with E-state index in [1.807, 2.05) is 17.6 Å². The van der Waals surface area contributed by atoms with Gasteiger partial charge in [0.2, 0.25) is 0 Å². The molecular formula is C14H18ClN3S. The molecule has 0 bridgehead atoms. The molecule has 0 fully saturated rings. The highest BCUT2D eigenvalue weighted by Crippen LogP contribution is 2.20. The maximum absolute atomic E-state index is 5.89. The Balaban J connectivity index is 1.95. The van der Waals surface area contributed by atoms with Crippen molar-refractivity contribution >= 4 is 34.4 Å². The molecule has 19 heavy (non-hydrogen) atoms. The van der Waals surface area contributed by atoms with E-state index in [1.165, 1.54) is 4.88 Å². The lowest BCUT2D eigenvalue weighted by Gasteiger charge is -2.19. The number of hydrogen-bond donors (Lipinski definition) is 1. The molecule has 0 aliphatic heterocycles. The van der Waals surface area contributed by atoms with E-state index in [-0.39, 0.29) is 0 Å². The molecule has 5 heteroatoms. The summed E-state index contributed by atoms with van der Waals surface area (Å²) >= 11 is 7.56. The number of nitrogens with zero attached hydrogens (tertiary/aromatic N) is 2. The van der Waals surface area contributed by atoms with E-state index in [9.17, 15) is 0 Å². The first-order chi connectivity index (χ1) is 9.22. The fraction of sp³-hybridized carbons (Fsp3) is 0.357. The van der Waals surface area contributed by atoms with Crippen LogP contribution in [0.25, 0.3) is 0 Å². The fourth-order valence-corrected chi connectivity index (χ4v) is 2.87. The molecule has 0 aliphatic rings. The molecule has 1 N–H and O–H groups in total. The second-order valence-electron chi connectivity index (χ2n) is 4.16. The van der Waals surface area contributed by atoms with Gasteiger partial charge in [-0.1, -0.05) is 11.6 Å². The highest BCUT2D eigenvalue weighted by molar-refractivity contribution is 7.10. The number of rotatable bonds is 6. The molecule has 0 radical (unpaired) electrons. The zero-order chi connectivity index (χ0) is 13.7. The first-order valence-corrected chi connectivity index (χ1v) is 7.66. The van der Waals surface area contributed by atoms with Gasteiger partial charge in [-0.05, 0) is 32.0 Å². The van der Waals surface area contributed by atoms with Crippen LogP contribution in [-0.2, 0) is 6.54 Å². The lowest BCUT2D eigenvalue weighted by molar-refractivity contribution is 0.846. The van der Waals surface area contributed by atoms with Crippen molar-refractivity contribution in [1.29, 1.82) is 0 Å². The number of nitrogens with one attached hydrogen (secondary N) is 1. The van der Waals surface area contributed by atoms with Gasteiger partial charge in [0, 0.05) is 29.9 Å². The van der Waals surface area contributed by atoms with E-state index >= 15 is 0 Å². The van der Waals surface area contributed by atoms with Gasteiger partial charge in [-0.3, -0.25) is 0 Å². The molecular weight excluding hydrogens is 278 g/mol. The van der Waals surface area contributed by atoms with Gasteiger partial charge >= 0.3 is 0 Å². The van der Waals surface area contributed by atoms with Crippen LogP contribution in [0.5, 0.6) is 0 Å². The van der Waals surface area contributed by atoms with Gasteiger partial charge in [0.1, 0.15) is 5.82 Å². The van der Waals surface area contributed by atoms with Gasteiger partial charge < -0.3 is 10.2 Å². The molecule has 0 spiro atoms. The SMILES string of the molecule is CCN(CC)c1ccc(NCc2cc(Cl)cs2)cn1. The zero-order valence-electron chi connectivity index (χ0n) is 11.2. The van der Waals surface area contributed by atoms with E-state index in [0.29, 0.717) is 0 Å². The number of thiophene rings is 1. The maximum atomic E-state index is 5.89. The predicted octanol–water partition coefficient (Wildman–Crippen LogP) is 4.25. The minimum Gasteiger partial charge on any atom is -0.379 e. The zero-order valence-corrected chi connectivity index (χ0v) is 12.8. The van der Waals surface area contributed by atoms with Crippen molar-refractivity contribution in [3.63, 3.8) is 0 Å². The predicted molar refractivity (Wildman–Crippen MR) is 84.5 cm³/mol. The smallest absolute Gasteiger partial charge is 0.128 e. The molecule has 0 amide bonds. The summed E-state index contributed by atoms with van der Waals surface area (Å²) in [4.78, 5) is 7.92. The largest absolute Gasteiger partial charge is 0.379 e. The molecule has 3 nitrogen and oxygen atoms in total. The van der Waals surface area contributed by atoms with Crippen molar-refractivity contribution in [2.45, 2.75) is 20.4 Å². The van der Waals surface area contributed by atoms with Crippen molar-refractivity contribution in [3.8, 4) is 0 Å². The van der Waals surface area contributed by atoms with E-state index in [2.05, 4.69) is 41.2 Å². The van der Waals surface area contributed by atoms with Crippen molar-refractivity contribution in [2.75, 3.05) is 23.3 Å². The second kappa shape index (κ2) is 6.78. The number of hydrogen-bond acceptors (Lipinski definition) is 4. The average Bonchev–Trinajstić information content (AvgIpc) is 2.85. The summed E-state index contributed by atoms with van der Waals surface area (Å²) in [5, 5.41) is 6.09. The Labute approximate surface area is 123 Å². The highest BCUT2D eigenvalue weighted by Gasteiger charge is 2.03. The summed E-state index contributed by atoms with van der Waals surface area (Å²) < 4.78 is 0. The molecule has 2 aromatic rings. The molecule has 0 atom stereocenters. The summed E-state index contributed by atoms with van der Waals surface area (Å²) in [5.74, 6) is 1.02. The second-order valence-corrected chi connectivity index (χ2v) is 5.59. The van der Waals surface area contributed by atoms with Crippen molar-refractivity contribution in [1.82, 2.24) is 4.98 Å². The minimum atomic E-state index is 0.781. The van der Waals surface area contributed by atoms with Gasteiger partial charge in [-0.15, -0.1) is 11.3 Å². The van der Waals surface area contributed by atoms with E-state index < -0.39 is 0 Å². The molecule has 0 saturated heterocycles. The third-order valence-corrected chi connectivity index (χ3v) is 4.21. The van der Waals surface area contributed by atoms with Gasteiger partial charge in [0.05, 0.1) is 16.9 Å². The lowest BCUT2D eigenvalue weighted by atomic mass is 10.3. The quantitative estimate of drug-likeness (QED) is 0.863. The molecule has 0 unspecified atom stereocenters. The highest BCUT2D eigenvalue weighted by atomic mass is 35.5. The van der Waals surface area contributed by atoms with Crippen LogP contribution >= 0.6 is 22.9 Å². The summed E-state index contributed by atoms with van der Waals surface area (Å²) in [7, 11) is 0. The van der Waals surface area contributed by atoms with E-state index in [0.717, 1.165) is 36.2 Å². The van der Waals surface area contributed by atoms with Crippen LogP contribution in [0.3, 0.4) is 0 Å². The maximum Gasteiger partial charge on any atom is 0.128 e. The topological polar surface area (TPSA) is 28.2 Å². The number of halogens is 1. The van der Waals surface area contributed by atoms with Crippen molar-refractivity contribution in [3.05, 3.63) is 39.7 Å². The molecule has 0 aromatic carbocycles. The Kier molecular flexibility index (Phi) is 5.05. The van der Waals surface area contributed by atoms with Crippen LogP contribution in [0.1, 0.15) is 18.7 Å². The number of anilines is 2. The number of aromatic nitrogens is 1. The summed E-state index contributed by atoms with van der Waals surface area (Å²) in [5.41, 5.74) is 1.03. The summed E-state index contributed by atoms with van der Waals surface area (Å²) in [6.07, 6.45) is 1.88. The van der Waals surface area contributed by atoms with E-state index in [1.54, 1.807) is 11.3 Å². The molecule has 0 saturated carbocycles. The minimum absolute atomic E-state index is 0.781. The molecule has 0 aliphatic carbocycles. The Bertz CT molecular complexity index is 506. The summed E-state index contributed by atoms with van der Waals surface area (Å²) in [6, 6.07) is 6.10. The van der Waals surface area contributed by atoms with Crippen LogP contribution in [0, 0.1) is 0 Å². The van der Waals surface area contributed by atoms with E-state index in [4.69, 9.17) is 11.6 Å². The Morgan fingerprint density at radius 1 is 1.32 bits per heavy atom. The third kappa shape index (κ3) is 3.85. The van der Waals surface area contributed by atoms with Crippen LogP contribution in [0.15, 0.2) is 29.8 Å². The number of pyridine rings is 1. The van der Waals surface area contributed by atoms with Gasteiger partial charge in [-0.25, -0.2) is 4.98 Å². The first kappa shape index (κ1) is 14.2. The Morgan fingerprint density at radius 2 is 2.11 bits per heavy atom. The standard InChI is InChI=1S/C14H18ClN3S/c1-3-18(4-2)14-6-5-12(8-17-14)16-9-13-7-11(15)10-19-13/h5-8,10,16H,3-4,9H2,1-2H3. The van der Waals surface area contributed by atoms with Crippen LogP contribution < -0.4 is 10.2 Å². The molecule has 2 rings (SSSR count). The Morgan fingerprint density at radius 3 is 2.63 bits per heavy atom. The first-order valence-electron chi connectivity index (χ1n) is 6.40. The molecule has 102 valence electrons. The third-order valence-electron chi connectivity index (χ3n) is 2.92. The van der Waals surface area contributed by atoms with Crippen LogP contribution in [0.4, 0.5) is 11.5 Å². The normalized spacial score (nSPS) is 10.5. The van der Waals surface area contributed by atoms with Gasteiger partial charge in [-0.2, -0.15) is 0 Å². The molecule has 2 heterocycles. The monoisotopic (exact) mass is 295 g/mol.